The molecule has 8 rings (SSSR count). The van der Waals surface area contributed by atoms with Gasteiger partial charge in [0, 0.05) is 25.4 Å². The average molecular weight is 913 g/mol. The average Bonchev–Trinajstić information content (AvgIpc) is 3.74. The minimum absolute atomic E-state index is 0.00452. The number of carbonyl (C=O) groups excluding carboxylic acids is 2. The van der Waals surface area contributed by atoms with E-state index in [0.717, 1.165) is 66.4 Å². The summed E-state index contributed by atoms with van der Waals surface area (Å²) in [5.74, 6) is -2.19. The molecule has 4 aromatic rings. The molecule has 0 amide bonds. The van der Waals surface area contributed by atoms with Crippen molar-refractivity contribution in [2.45, 2.75) is 51.4 Å². The highest BCUT2D eigenvalue weighted by Gasteiger charge is 2.74. The minimum Gasteiger partial charge on any atom is -0.303 e. The van der Waals surface area contributed by atoms with E-state index in [1.807, 2.05) is 36.4 Å². The zero-order chi connectivity index (χ0) is 34.2. The minimum atomic E-state index is -3.79. The van der Waals surface area contributed by atoms with Crippen molar-refractivity contribution in [2.75, 3.05) is 0 Å². The SMILES string of the molecule is O=C1CC2(S(=O)(=O)c3ccc(F)cc3)c3ccc(I)cc3CCC12.O=CC1C2CCc3cc(I)ccc3C12S(=O)(=O)c1ccc(F)cc1. The van der Waals surface area contributed by atoms with Crippen LogP contribution in [0.1, 0.15) is 41.5 Å². The maximum atomic E-state index is 13.4. The number of benzene rings is 4. The fraction of sp³-hybridized carbons (Fsp3) is 0.278. The molecule has 0 aromatic heterocycles. The van der Waals surface area contributed by atoms with Crippen LogP contribution in [0.2, 0.25) is 0 Å². The first-order valence-electron chi connectivity index (χ1n) is 15.3. The Hall–Kier alpha value is -2.56. The first kappa shape index (κ1) is 33.9. The van der Waals surface area contributed by atoms with E-state index >= 15 is 0 Å². The van der Waals surface area contributed by atoms with Gasteiger partial charge in [-0.2, -0.15) is 0 Å². The summed E-state index contributed by atoms with van der Waals surface area (Å²) in [5.41, 5.74) is 3.47. The molecule has 6 nitrogen and oxygen atoms in total. The van der Waals surface area contributed by atoms with Crippen LogP contribution in [0.3, 0.4) is 0 Å². The van der Waals surface area contributed by atoms with Crippen LogP contribution in [0, 0.1) is 36.5 Å². The summed E-state index contributed by atoms with van der Waals surface area (Å²) in [7, 11) is -7.58. The molecule has 0 saturated heterocycles. The van der Waals surface area contributed by atoms with Crippen molar-refractivity contribution in [1.82, 2.24) is 0 Å². The van der Waals surface area contributed by atoms with Crippen LogP contribution >= 0.6 is 45.2 Å². The molecule has 0 aliphatic heterocycles. The third-order valence-electron chi connectivity index (χ3n) is 10.5. The maximum Gasteiger partial charge on any atom is 0.189 e. The zero-order valence-electron chi connectivity index (χ0n) is 25.2. The van der Waals surface area contributed by atoms with Crippen molar-refractivity contribution in [3.63, 3.8) is 0 Å². The predicted octanol–water partition coefficient (Wildman–Crippen LogP) is 7.13. The Morgan fingerprint density at radius 3 is 1.73 bits per heavy atom. The fourth-order valence-corrected chi connectivity index (χ4v) is 14.3. The number of hydrogen-bond donors (Lipinski definition) is 0. The number of hydrogen-bond acceptors (Lipinski definition) is 6. The summed E-state index contributed by atoms with van der Waals surface area (Å²) in [6.07, 6.45) is 3.50. The number of fused-ring (bicyclic) bond motifs is 6. The van der Waals surface area contributed by atoms with Crippen molar-refractivity contribution in [1.29, 1.82) is 0 Å². The van der Waals surface area contributed by atoms with Gasteiger partial charge in [0.15, 0.2) is 19.7 Å². The van der Waals surface area contributed by atoms with Gasteiger partial charge in [-0.25, -0.2) is 25.6 Å². The zero-order valence-corrected chi connectivity index (χ0v) is 31.2. The quantitative estimate of drug-likeness (QED) is 0.120. The number of aryl methyl sites for hydroxylation is 2. The normalized spacial score (nSPS) is 26.8. The number of sulfone groups is 2. The van der Waals surface area contributed by atoms with Crippen LogP contribution in [-0.4, -0.2) is 28.9 Å². The van der Waals surface area contributed by atoms with Crippen molar-refractivity contribution in [2.24, 2.45) is 17.8 Å². The lowest BCUT2D eigenvalue weighted by Gasteiger charge is -2.51. The van der Waals surface area contributed by atoms with Crippen LogP contribution in [0.5, 0.6) is 0 Å². The number of rotatable bonds is 5. The third kappa shape index (κ3) is 4.89. The molecule has 4 aliphatic rings. The molecule has 0 N–H and O–H groups in total. The van der Waals surface area contributed by atoms with E-state index in [0.29, 0.717) is 19.3 Å². The molecule has 0 bridgehead atoms. The summed E-state index contributed by atoms with van der Waals surface area (Å²) in [6, 6.07) is 21.2. The van der Waals surface area contributed by atoms with Crippen LogP contribution in [0.25, 0.3) is 0 Å². The lowest BCUT2D eigenvalue weighted by atomic mass is 9.61. The molecule has 2 saturated carbocycles. The Labute approximate surface area is 304 Å². The molecule has 4 aromatic carbocycles. The summed E-state index contributed by atoms with van der Waals surface area (Å²) in [6.45, 7) is 0. The van der Waals surface area contributed by atoms with Crippen LogP contribution in [0.4, 0.5) is 8.78 Å². The molecule has 48 heavy (non-hydrogen) atoms. The van der Waals surface area contributed by atoms with Crippen molar-refractivity contribution in [3.05, 3.63) is 126 Å². The van der Waals surface area contributed by atoms with Gasteiger partial charge in [-0.1, -0.05) is 12.1 Å². The lowest BCUT2D eigenvalue weighted by molar-refractivity contribution is -0.133. The smallest absolute Gasteiger partial charge is 0.189 e. The van der Waals surface area contributed by atoms with Gasteiger partial charge in [0.2, 0.25) is 0 Å². The van der Waals surface area contributed by atoms with E-state index in [4.69, 9.17) is 0 Å². The molecule has 5 unspecified atom stereocenters. The van der Waals surface area contributed by atoms with E-state index in [1.165, 1.54) is 24.3 Å². The first-order valence-corrected chi connectivity index (χ1v) is 20.5. The van der Waals surface area contributed by atoms with Crippen molar-refractivity contribution < 1.29 is 35.2 Å². The molecular formula is C36H28F2I2O6S2. The molecular weight excluding hydrogens is 884 g/mol. The second-order valence-electron chi connectivity index (χ2n) is 12.7. The standard InChI is InChI=1S/2C18H14FIO3S/c19-12-2-5-14(6-3-12)24(22,23)18-15-8-4-13(20)9-11(15)1-7-16(18)17(18)10-21;19-12-2-5-14(6-3-12)24(22,23)18-10-17(21)16(18)7-1-11-9-13(20)4-8-15(11)18/h2-6,8-10,16-17H,1,7H2;2-6,8-9,16H,1,7,10H2. The molecule has 248 valence electrons. The van der Waals surface area contributed by atoms with Gasteiger partial charge in [-0.15, -0.1) is 0 Å². The molecule has 5 atom stereocenters. The Balaban J connectivity index is 0.000000152. The number of halogens is 4. The Kier molecular flexibility index (Phi) is 8.51. The Bertz CT molecular complexity index is 2090. The second kappa shape index (κ2) is 12.0. The summed E-state index contributed by atoms with van der Waals surface area (Å²) < 4.78 is 79.7. The predicted molar refractivity (Wildman–Crippen MR) is 192 cm³/mol. The summed E-state index contributed by atoms with van der Waals surface area (Å²) in [4.78, 5) is 23.9. The highest BCUT2D eigenvalue weighted by Crippen LogP contribution is 2.68. The topological polar surface area (TPSA) is 102 Å². The summed E-state index contributed by atoms with van der Waals surface area (Å²) >= 11 is 4.40. The van der Waals surface area contributed by atoms with Crippen molar-refractivity contribution >= 4 is 76.9 Å². The van der Waals surface area contributed by atoms with Gasteiger partial charge in [0.25, 0.3) is 0 Å². The molecule has 12 heteroatoms. The van der Waals surface area contributed by atoms with Gasteiger partial charge < -0.3 is 4.79 Å². The molecule has 0 heterocycles. The lowest BCUT2D eigenvalue weighted by Crippen LogP contribution is -2.59. The third-order valence-corrected chi connectivity index (χ3v) is 16.9. The van der Waals surface area contributed by atoms with E-state index < -0.39 is 52.6 Å². The molecule has 2 fully saturated rings. The largest absolute Gasteiger partial charge is 0.303 e. The van der Waals surface area contributed by atoms with E-state index in [-0.39, 0.29) is 27.9 Å². The van der Waals surface area contributed by atoms with Crippen LogP contribution < -0.4 is 0 Å². The van der Waals surface area contributed by atoms with Gasteiger partial charge in [0.1, 0.15) is 33.2 Å². The number of Topliss-reactive ketones (excluding diaryl/α,β-unsaturated/α-hetero) is 1. The molecule has 0 radical (unpaired) electrons. The van der Waals surface area contributed by atoms with E-state index in [2.05, 4.69) is 45.2 Å². The highest BCUT2D eigenvalue weighted by molar-refractivity contribution is 14.1. The maximum absolute atomic E-state index is 13.4. The van der Waals surface area contributed by atoms with Gasteiger partial charge in [-0.3, -0.25) is 4.79 Å². The van der Waals surface area contributed by atoms with Gasteiger partial charge in [0.05, 0.1) is 9.79 Å². The van der Waals surface area contributed by atoms with Gasteiger partial charge in [-0.05, 0) is 172 Å². The summed E-state index contributed by atoms with van der Waals surface area (Å²) in [5, 5.41) is 0. The van der Waals surface area contributed by atoms with Crippen molar-refractivity contribution in [3.8, 4) is 0 Å². The number of ketones is 1. The van der Waals surface area contributed by atoms with Crippen LogP contribution in [-0.2, 0) is 51.6 Å². The fourth-order valence-electron chi connectivity index (χ4n) is 8.27. The molecule has 0 spiro atoms. The Morgan fingerprint density at radius 2 is 1.19 bits per heavy atom. The van der Waals surface area contributed by atoms with E-state index in [1.54, 1.807) is 0 Å². The number of aldehydes is 1. The monoisotopic (exact) mass is 912 g/mol. The second-order valence-corrected chi connectivity index (χ2v) is 19.6. The molecule has 4 aliphatic carbocycles. The Morgan fingerprint density at radius 1 is 0.688 bits per heavy atom. The highest BCUT2D eigenvalue weighted by atomic mass is 127. The van der Waals surface area contributed by atoms with Gasteiger partial charge >= 0.3 is 0 Å². The number of carbonyl (C=O) groups is 2. The first-order chi connectivity index (χ1) is 22.8. The van der Waals surface area contributed by atoms with Crippen LogP contribution in [0.15, 0.2) is 94.7 Å². The van der Waals surface area contributed by atoms with E-state index in [9.17, 15) is 35.2 Å².